The summed E-state index contributed by atoms with van der Waals surface area (Å²) in [6.07, 6.45) is -0.958. The SMILES string of the molecule is COc1ccc(CN2C(=O)C(N)N=C(c3ccccc3)c3ccccc32)cc1. The van der Waals surface area contributed by atoms with Crippen LogP contribution in [0.25, 0.3) is 0 Å². The molecule has 3 aromatic carbocycles. The molecule has 1 amide bonds. The molecule has 0 spiro atoms. The van der Waals surface area contributed by atoms with Crippen LogP contribution in [-0.2, 0) is 11.3 Å². The van der Waals surface area contributed by atoms with Gasteiger partial charge >= 0.3 is 0 Å². The van der Waals surface area contributed by atoms with Gasteiger partial charge in [0.1, 0.15) is 5.75 Å². The highest BCUT2D eigenvalue weighted by atomic mass is 16.5. The van der Waals surface area contributed by atoms with Crippen LogP contribution >= 0.6 is 0 Å². The molecule has 0 saturated carbocycles. The van der Waals surface area contributed by atoms with Gasteiger partial charge in [-0.3, -0.25) is 9.79 Å². The van der Waals surface area contributed by atoms with E-state index >= 15 is 0 Å². The Labute approximate surface area is 164 Å². The van der Waals surface area contributed by atoms with Crippen LogP contribution in [0.5, 0.6) is 5.75 Å². The molecule has 28 heavy (non-hydrogen) atoms. The quantitative estimate of drug-likeness (QED) is 0.765. The maximum atomic E-state index is 13.1. The standard InChI is InChI=1S/C23H21N3O2/c1-28-18-13-11-16(12-14-18)15-26-20-10-6-5-9-19(20)21(25-22(24)23(26)27)17-7-3-2-4-8-17/h2-14,22H,15,24H2,1H3. The second-order valence-corrected chi connectivity index (χ2v) is 6.58. The zero-order chi connectivity index (χ0) is 19.5. The number of aliphatic imine (C=N–C) groups is 1. The van der Waals surface area contributed by atoms with E-state index in [2.05, 4.69) is 4.99 Å². The number of benzodiazepines with no additional fused rings is 1. The lowest BCUT2D eigenvalue weighted by Gasteiger charge is -2.24. The number of benzene rings is 3. The van der Waals surface area contributed by atoms with E-state index in [1.807, 2.05) is 78.9 Å². The lowest BCUT2D eigenvalue weighted by atomic mass is 10.00. The van der Waals surface area contributed by atoms with Crippen molar-refractivity contribution in [1.29, 1.82) is 0 Å². The van der Waals surface area contributed by atoms with Crippen molar-refractivity contribution in [3.05, 3.63) is 95.6 Å². The lowest BCUT2D eigenvalue weighted by Crippen LogP contribution is -2.41. The van der Waals surface area contributed by atoms with E-state index in [1.165, 1.54) is 0 Å². The molecule has 0 fully saturated rings. The topological polar surface area (TPSA) is 67.9 Å². The minimum atomic E-state index is -0.958. The van der Waals surface area contributed by atoms with E-state index < -0.39 is 6.17 Å². The monoisotopic (exact) mass is 371 g/mol. The van der Waals surface area contributed by atoms with Crippen molar-refractivity contribution in [2.24, 2.45) is 10.7 Å². The largest absolute Gasteiger partial charge is 0.497 e. The van der Waals surface area contributed by atoms with Gasteiger partial charge in [0.2, 0.25) is 0 Å². The molecule has 4 rings (SSSR count). The predicted molar refractivity (Wildman–Crippen MR) is 111 cm³/mol. The Kier molecular flexibility index (Phi) is 4.91. The Morgan fingerprint density at radius 3 is 2.36 bits per heavy atom. The molecule has 1 unspecified atom stereocenters. The van der Waals surface area contributed by atoms with E-state index in [9.17, 15) is 4.79 Å². The molecule has 0 aromatic heterocycles. The Morgan fingerprint density at radius 2 is 1.64 bits per heavy atom. The number of carbonyl (C=O) groups is 1. The summed E-state index contributed by atoms with van der Waals surface area (Å²) in [5.41, 5.74) is 10.5. The van der Waals surface area contributed by atoms with Crippen LogP contribution in [0.3, 0.4) is 0 Å². The number of ether oxygens (including phenoxy) is 1. The van der Waals surface area contributed by atoms with Crippen molar-refractivity contribution >= 4 is 17.3 Å². The number of rotatable bonds is 4. The van der Waals surface area contributed by atoms with E-state index in [0.717, 1.165) is 33.8 Å². The fourth-order valence-electron chi connectivity index (χ4n) is 3.35. The van der Waals surface area contributed by atoms with Crippen LogP contribution in [0.4, 0.5) is 5.69 Å². The molecule has 140 valence electrons. The van der Waals surface area contributed by atoms with Crippen LogP contribution in [0, 0.1) is 0 Å². The number of para-hydroxylation sites is 1. The smallest absolute Gasteiger partial charge is 0.266 e. The van der Waals surface area contributed by atoms with Gasteiger partial charge in [-0.05, 0) is 23.8 Å². The molecule has 3 aromatic rings. The maximum absolute atomic E-state index is 13.1. The number of anilines is 1. The molecular formula is C23H21N3O2. The summed E-state index contributed by atoms with van der Waals surface area (Å²) in [6, 6.07) is 25.3. The van der Waals surface area contributed by atoms with Crippen molar-refractivity contribution in [1.82, 2.24) is 0 Å². The van der Waals surface area contributed by atoms with Gasteiger partial charge < -0.3 is 15.4 Å². The summed E-state index contributed by atoms with van der Waals surface area (Å²) >= 11 is 0. The second kappa shape index (κ2) is 7.66. The Hall–Kier alpha value is -3.44. The van der Waals surface area contributed by atoms with Gasteiger partial charge in [0.25, 0.3) is 5.91 Å². The second-order valence-electron chi connectivity index (χ2n) is 6.58. The predicted octanol–water partition coefficient (Wildman–Crippen LogP) is 3.36. The van der Waals surface area contributed by atoms with E-state index in [1.54, 1.807) is 12.0 Å². The first-order chi connectivity index (χ1) is 13.7. The highest BCUT2D eigenvalue weighted by Crippen LogP contribution is 2.29. The van der Waals surface area contributed by atoms with Crippen LogP contribution in [-0.4, -0.2) is 24.9 Å². The van der Waals surface area contributed by atoms with Gasteiger partial charge in [-0.25, -0.2) is 0 Å². The van der Waals surface area contributed by atoms with Gasteiger partial charge in [0.15, 0.2) is 6.17 Å². The maximum Gasteiger partial charge on any atom is 0.266 e. The number of hydrogen-bond acceptors (Lipinski definition) is 4. The average Bonchev–Trinajstić information content (AvgIpc) is 2.85. The Morgan fingerprint density at radius 1 is 0.964 bits per heavy atom. The van der Waals surface area contributed by atoms with Gasteiger partial charge in [-0.1, -0.05) is 60.7 Å². The fourth-order valence-corrected chi connectivity index (χ4v) is 3.35. The molecule has 2 N–H and O–H groups in total. The summed E-state index contributed by atoms with van der Waals surface area (Å²) in [5, 5.41) is 0. The zero-order valence-corrected chi connectivity index (χ0v) is 15.6. The molecule has 0 saturated heterocycles. The number of carbonyl (C=O) groups excluding carboxylic acids is 1. The molecule has 1 heterocycles. The molecule has 1 atom stereocenters. The summed E-state index contributed by atoms with van der Waals surface area (Å²) in [7, 11) is 1.63. The summed E-state index contributed by atoms with van der Waals surface area (Å²) in [4.78, 5) is 19.4. The highest BCUT2D eigenvalue weighted by molar-refractivity contribution is 6.20. The first-order valence-corrected chi connectivity index (χ1v) is 9.10. The molecule has 1 aliphatic heterocycles. The number of nitrogens with two attached hydrogens (primary N) is 1. The number of hydrogen-bond donors (Lipinski definition) is 1. The molecule has 5 nitrogen and oxygen atoms in total. The van der Waals surface area contributed by atoms with Crippen molar-refractivity contribution in [3.8, 4) is 5.75 Å². The average molecular weight is 371 g/mol. The first-order valence-electron chi connectivity index (χ1n) is 9.10. The third-order valence-electron chi connectivity index (χ3n) is 4.78. The zero-order valence-electron chi connectivity index (χ0n) is 15.6. The van der Waals surface area contributed by atoms with Crippen molar-refractivity contribution in [3.63, 3.8) is 0 Å². The van der Waals surface area contributed by atoms with Crippen LogP contribution in [0.2, 0.25) is 0 Å². The molecule has 1 aliphatic rings. The van der Waals surface area contributed by atoms with Crippen molar-refractivity contribution in [2.45, 2.75) is 12.7 Å². The molecule has 0 aliphatic carbocycles. The summed E-state index contributed by atoms with van der Waals surface area (Å²) in [5.74, 6) is 0.548. The van der Waals surface area contributed by atoms with Crippen LogP contribution in [0.1, 0.15) is 16.7 Å². The first kappa shape index (κ1) is 17.9. The molecule has 0 radical (unpaired) electrons. The van der Waals surface area contributed by atoms with Crippen molar-refractivity contribution < 1.29 is 9.53 Å². The van der Waals surface area contributed by atoms with E-state index in [4.69, 9.17) is 10.5 Å². The van der Waals surface area contributed by atoms with E-state index in [0.29, 0.717) is 6.54 Å². The highest BCUT2D eigenvalue weighted by Gasteiger charge is 2.29. The normalized spacial score (nSPS) is 16.2. The van der Waals surface area contributed by atoms with E-state index in [-0.39, 0.29) is 5.91 Å². The summed E-state index contributed by atoms with van der Waals surface area (Å²) < 4.78 is 5.22. The van der Waals surface area contributed by atoms with Crippen LogP contribution in [0.15, 0.2) is 83.9 Å². The molecule has 5 heteroatoms. The molecule has 0 bridgehead atoms. The molecular weight excluding hydrogens is 350 g/mol. The number of amides is 1. The third-order valence-corrected chi connectivity index (χ3v) is 4.78. The summed E-state index contributed by atoms with van der Waals surface area (Å²) in [6.45, 7) is 0.408. The van der Waals surface area contributed by atoms with Crippen LogP contribution < -0.4 is 15.4 Å². The Bertz CT molecular complexity index is 1010. The Balaban J connectivity index is 1.78. The third kappa shape index (κ3) is 3.40. The fraction of sp³-hybridized carbons (Fsp3) is 0.130. The van der Waals surface area contributed by atoms with Gasteiger partial charge in [-0.15, -0.1) is 0 Å². The number of fused-ring (bicyclic) bond motifs is 1. The number of methoxy groups -OCH3 is 1. The van der Waals surface area contributed by atoms with Crippen molar-refractivity contribution in [2.75, 3.05) is 12.0 Å². The minimum absolute atomic E-state index is 0.228. The minimum Gasteiger partial charge on any atom is -0.497 e. The van der Waals surface area contributed by atoms with Gasteiger partial charge in [0.05, 0.1) is 25.1 Å². The van der Waals surface area contributed by atoms with Gasteiger partial charge in [-0.2, -0.15) is 0 Å². The number of nitrogens with zero attached hydrogens (tertiary/aromatic N) is 2. The van der Waals surface area contributed by atoms with Gasteiger partial charge in [0, 0.05) is 11.1 Å². The lowest BCUT2D eigenvalue weighted by molar-refractivity contribution is -0.119.